The second kappa shape index (κ2) is 7.25. The van der Waals surface area contributed by atoms with Gasteiger partial charge in [-0.2, -0.15) is 0 Å². The summed E-state index contributed by atoms with van der Waals surface area (Å²) in [5.74, 6) is 0.686. The minimum Gasteiger partial charge on any atom is -0.306 e. The molecule has 0 aliphatic rings. The van der Waals surface area contributed by atoms with Gasteiger partial charge in [-0.3, -0.25) is 0 Å². The lowest BCUT2D eigenvalue weighted by atomic mass is 9.97. The second-order valence-electron chi connectivity index (χ2n) is 5.96. The Morgan fingerprint density at radius 2 is 1.55 bits per heavy atom. The molecule has 1 N–H and O–H groups in total. The molecule has 2 rings (SSSR count). The van der Waals surface area contributed by atoms with Crippen LogP contribution in [0.1, 0.15) is 43.0 Å². The predicted octanol–water partition coefficient (Wildman–Crippen LogP) is 4.87. The van der Waals surface area contributed by atoms with Crippen LogP contribution in [0.25, 0.3) is 0 Å². The topological polar surface area (TPSA) is 12.0 Å². The van der Waals surface area contributed by atoms with Crippen molar-refractivity contribution < 1.29 is 0 Å². The molecule has 0 spiro atoms. The van der Waals surface area contributed by atoms with E-state index in [1.54, 1.807) is 0 Å². The van der Waals surface area contributed by atoms with Gasteiger partial charge in [0.05, 0.1) is 0 Å². The molecule has 0 saturated carbocycles. The van der Waals surface area contributed by atoms with Crippen LogP contribution in [0.3, 0.4) is 0 Å². The second-order valence-corrected chi connectivity index (χ2v) is 5.96. The first-order valence-corrected chi connectivity index (χ1v) is 7.49. The van der Waals surface area contributed by atoms with E-state index in [1.807, 2.05) is 0 Å². The summed E-state index contributed by atoms with van der Waals surface area (Å²) in [4.78, 5) is 0. The first kappa shape index (κ1) is 14.8. The van der Waals surface area contributed by atoms with Crippen molar-refractivity contribution in [2.75, 3.05) is 0 Å². The molecular formula is C19H25N. The SMILES string of the molecule is Cc1ccc(CNC(CC(C)C)c2ccccc2)cc1. The Morgan fingerprint density at radius 1 is 0.900 bits per heavy atom. The summed E-state index contributed by atoms with van der Waals surface area (Å²) < 4.78 is 0. The summed E-state index contributed by atoms with van der Waals surface area (Å²) in [6, 6.07) is 20.0. The number of hydrogen-bond acceptors (Lipinski definition) is 1. The van der Waals surface area contributed by atoms with Gasteiger partial charge in [-0.1, -0.05) is 74.0 Å². The van der Waals surface area contributed by atoms with Crippen LogP contribution >= 0.6 is 0 Å². The zero-order valence-corrected chi connectivity index (χ0v) is 12.8. The van der Waals surface area contributed by atoms with Crippen LogP contribution in [0.15, 0.2) is 54.6 Å². The molecule has 0 fully saturated rings. The third-order valence-corrected chi connectivity index (χ3v) is 3.58. The monoisotopic (exact) mass is 267 g/mol. The van der Waals surface area contributed by atoms with Crippen LogP contribution in [0.4, 0.5) is 0 Å². The molecule has 0 aliphatic carbocycles. The predicted molar refractivity (Wildman–Crippen MR) is 86.7 cm³/mol. The summed E-state index contributed by atoms with van der Waals surface area (Å²) in [5, 5.41) is 3.70. The van der Waals surface area contributed by atoms with Crippen molar-refractivity contribution in [3.8, 4) is 0 Å². The quantitative estimate of drug-likeness (QED) is 0.787. The molecule has 20 heavy (non-hydrogen) atoms. The Labute approximate surface area is 123 Å². The van der Waals surface area contributed by atoms with Gasteiger partial charge in [0.15, 0.2) is 0 Å². The van der Waals surface area contributed by atoms with Gasteiger partial charge in [-0.25, -0.2) is 0 Å². The summed E-state index contributed by atoms with van der Waals surface area (Å²) in [5.41, 5.74) is 4.05. The minimum atomic E-state index is 0.428. The van der Waals surface area contributed by atoms with E-state index in [9.17, 15) is 0 Å². The van der Waals surface area contributed by atoms with Crippen molar-refractivity contribution in [2.24, 2.45) is 5.92 Å². The molecule has 0 radical (unpaired) electrons. The molecule has 2 aromatic carbocycles. The highest BCUT2D eigenvalue weighted by molar-refractivity contribution is 5.22. The highest BCUT2D eigenvalue weighted by Gasteiger charge is 2.12. The Morgan fingerprint density at radius 3 is 2.15 bits per heavy atom. The molecule has 1 atom stereocenters. The Kier molecular flexibility index (Phi) is 5.37. The molecule has 0 amide bonds. The van der Waals surface area contributed by atoms with Crippen molar-refractivity contribution >= 4 is 0 Å². The van der Waals surface area contributed by atoms with E-state index < -0.39 is 0 Å². The minimum absolute atomic E-state index is 0.428. The van der Waals surface area contributed by atoms with Gasteiger partial charge < -0.3 is 5.32 Å². The molecular weight excluding hydrogens is 242 g/mol. The van der Waals surface area contributed by atoms with Crippen molar-refractivity contribution in [3.63, 3.8) is 0 Å². The zero-order chi connectivity index (χ0) is 14.4. The van der Waals surface area contributed by atoms with E-state index in [-0.39, 0.29) is 0 Å². The summed E-state index contributed by atoms with van der Waals surface area (Å²) in [6.07, 6.45) is 1.16. The van der Waals surface area contributed by atoms with Gasteiger partial charge >= 0.3 is 0 Å². The molecule has 0 heterocycles. The lowest BCUT2D eigenvalue weighted by Crippen LogP contribution is -2.22. The van der Waals surface area contributed by atoms with Crippen molar-refractivity contribution in [1.29, 1.82) is 0 Å². The fourth-order valence-corrected chi connectivity index (χ4v) is 2.44. The Hall–Kier alpha value is -1.60. The first-order valence-electron chi connectivity index (χ1n) is 7.49. The maximum Gasteiger partial charge on any atom is 0.0325 e. The smallest absolute Gasteiger partial charge is 0.0325 e. The Bertz CT molecular complexity index is 499. The number of rotatable bonds is 6. The third kappa shape index (κ3) is 4.50. The van der Waals surface area contributed by atoms with Crippen LogP contribution < -0.4 is 5.32 Å². The highest BCUT2D eigenvalue weighted by atomic mass is 14.9. The van der Waals surface area contributed by atoms with Gasteiger partial charge in [-0.15, -0.1) is 0 Å². The van der Waals surface area contributed by atoms with Crippen molar-refractivity contribution in [2.45, 2.75) is 39.8 Å². The summed E-state index contributed by atoms with van der Waals surface area (Å²) in [7, 11) is 0. The first-order chi connectivity index (χ1) is 9.65. The maximum absolute atomic E-state index is 3.70. The van der Waals surface area contributed by atoms with Gasteiger partial charge in [0.2, 0.25) is 0 Å². The molecule has 0 aliphatic heterocycles. The molecule has 0 aromatic heterocycles. The van der Waals surface area contributed by atoms with E-state index in [2.05, 4.69) is 80.7 Å². The van der Waals surface area contributed by atoms with E-state index in [1.165, 1.54) is 16.7 Å². The molecule has 1 unspecified atom stereocenters. The van der Waals surface area contributed by atoms with Crippen molar-refractivity contribution in [1.82, 2.24) is 5.32 Å². The van der Waals surface area contributed by atoms with Gasteiger partial charge in [-0.05, 0) is 30.4 Å². The van der Waals surface area contributed by atoms with E-state index in [4.69, 9.17) is 0 Å². The molecule has 1 heteroatoms. The van der Waals surface area contributed by atoms with Crippen molar-refractivity contribution in [3.05, 3.63) is 71.3 Å². The molecule has 0 bridgehead atoms. The molecule has 1 nitrogen and oxygen atoms in total. The lowest BCUT2D eigenvalue weighted by Gasteiger charge is -2.21. The highest BCUT2D eigenvalue weighted by Crippen LogP contribution is 2.21. The van der Waals surface area contributed by atoms with Crippen LogP contribution in [0, 0.1) is 12.8 Å². The van der Waals surface area contributed by atoms with Crippen LogP contribution in [0.5, 0.6) is 0 Å². The fraction of sp³-hybridized carbons (Fsp3) is 0.368. The maximum atomic E-state index is 3.70. The summed E-state index contributed by atoms with van der Waals surface area (Å²) >= 11 is 0. The number of benzene rings is 2. The zero-order valence-electron chi connectivity index (χ0n) is 12.8. The van der Waals surface area contributed by atoms with Gasteiger partial charge in [0.1, 0.15) is 0 Å². The average Bonchev–Trinajstić information content (AvgIpc) is 2.46. The molecule has 2 aromatic rings. The Balaban J connectivity index is 2.03. The van der Waals surface area contributed by atoms with Gasteiger partial charge in [0, 0.05) is 12.6 Å². The lowest BCUT2D eigenvalue weighted by molar-refractivity contribution is 0.428. The number of hydrogen-bond donors (Lipinski definition) is 1. The fourth-order valence-electron chi connectivity index (χ4n) is 2.44. The molecule has 0 saturated heterocycles. The summed E-state index contributed by atoms with van der Waals surface area (Å²) in [6.45, 7) is 7.61. The van der Waals surface area contributed by atoms with E-state index in [0.717, 1.165) is 13.0 Å². The average molecular weight is 267 g/mol. The molecule has 106 valence electrons. The standard InChI is InChI=1S/C19H25N/c1-15(2)13-19(18-7-5-4-6-8-18)20-14-17-11-9-16(3)10-12-17/h4-12,15,19-20H,13-14H2,1-3H3. The third-order valence-electron chi connectivity index (χ3n) is 3.58. The number of nitrogens with one attached hydrogen (secondary N) is 1. The normalized spacial score (nSPS) is 12.6. The van der Waals surface area contributed by atoms with E-state index >= 15 is 0 Å². The van der Waals surface area contributed by atoms with Crippen LogP contribution in [-0.2, 0) is 6.54 Å². The van der Waals surface area contributed by atoms with Crippen LogP contribution in [0.2, 0.25) is 0 Å². The largest absolute Gasteiger partial charge is 0.306 e. The van der Waals surface area contributed by atoms with E-state index in [0.29, 0.717) is 12.0 Å². The van der Waals surface area contributed by atoms with Crippen LogP contribution in [-0.4, -0.2) is 0 Å². The number of aryl methyl sites for hydroxylation is 1. The van der Waals surface area contributed by atoms with Gasteiger partial charge in [0.25, 0.3) is 0 Å².